The second-order valence-electron chi connectivity index (χ2n) is 5.51. The lowest BCUT2D eigenvalue weighted by atomic mass is 10.1. The Morgan fingerprint density at radius 2 is 1.55 bits per heavy atom. The van der Waals surface area contributed by atoms with E-state index in [1.54, 1.807) is 0 Å². The Kier molecular flexibility index (Phi) is 5.21. The standard InChI is InChI=1S/C19H24N2O/c1-5-21(6-2)18-12-9-15(4)13-17(18)19(22)20-16-10-7-14(3)8-11-16/h7-13H,5-6H2,1-4H3,(H,20,22). The molecule has 0 aliphatic carbocycles. The van der Waals surface area contributed by atoms with Crippen LogP contribution in [0.2, 0.25) is 0 Å². The molecular formula is C19H24N2O. The zero-order valence-corrected chi connectivity index (χ0v) is 13.8. The van der Waals surface area contributed by atoms with Crippen LogP contribution in [0.5, 0.6) is 0 Å². The number of nitrogens with one attached hydrogen (secondary N) is 1. The highest BCUT2D eigenvalue weighted by atomic mass is 16.1. The topological polar surface area (TPSA) is 32.3 Å². The number of aryl methyl sites for hydroxylation is 2. The van der Waals surface area contributed by atoms with E-state index in [1.807, 2.05) is 50.2 Å². The van der Waals surface area contributed by atoms with Crippen molar-refractivity contribution in [2.45, 2.75) is 27.7 Å². The Hall–Kier alpha value is -2.29. The third-order valence-electron chi connectivity index (χ3n) is 3.81. The highest BCUT2D eigenvalue weighted by molar-refractivity contribution is 6.08. The van der Waals surface area contributed by atoms with Gasteiger partial charge in [0, 0.05) is 24.5 Å². The first-order valence-corrected chi connectivity index (χ1v) is 7.78. The van der Waals surface area contributed by atoms with Crippen LogP contribution in [0, 0.1) is 13.8 Å². The van der Waals surface area contributed by atoms with Gasteiger partial charge in [-0.05, 0) is 52.0 Å². The van der Waals surface area contributed by atoms with Gasteiger partial charge in [0.25, 0.3) is 5.91 Å². The van der Waals surface area contributed by atoms with Gasteiger partial charge in [-0.2, -0.15) is 0 Å². The summed E-state index contributed by atoms with van der Waals surface area (Å²) in [4.78, 5) is 14.9. The van der Waals surface area contributed by atoms with Crippen molar-refractivity contribution in [3.05, 3.63) is 59.2 Å². The van der Waals surface area contributed by atoms with Crippen LogP contribution in [-0.4, -0.2) is 19.0 Å². The summed E-state index contributed by atoms with van der Waals surface area (Å²) in [5.74, 6) is -0.0607. The Labute approximate surface area is 133 Å². The van der Waals surface area contributed by atoms with E-state index in [1.165, 1.54) is 5.56 Å². The molecule has 22 heavy (non-hydrogen) atoms. The van der Waals surface area contributed by atoms with Gasteiger partial charge in [0.1, 0.15) is 0 Å². The Bertz CT molecular complexity index is 643. The van der Waals surface area contributed by atoms with Gasteiger partial charge in [-0.15, -0.1) is 0 Å². The highest BCUT2D eigenvalue weighted by Crippen LogP contribution is 2.23. The molecule has 0 heterocycles. The molecule has 3 nitrogen and oxygen atoms in total. The number of carbonyl (C=O) groups excluding carboxylic acids is 1. The van der Waals surface area contributed by atoms with Crippen molar-refractivity contribution in [2.24, 2.45) is 0 Å². The minimum Gasteiger partial charge on any atom is -0.371 e. The van der Waals surface area contributed by atoms with Gasteiger partial charge in [-0.3, -0.25) is 4.79 Å². The van der Waals surface area contributed by atoms with E-state index in [0.29, 0.717) is 0 Å². The molecular weight excluding hydrogens is 272 g/mol. The Morgan fingerprint density at radius 3 is 2.14 bits per heavy atom. The Balaban J connectivity index is 2.31. The van der Waals surface area contributed by atoms with Crippen LogP contribution in [0.1, 0.15) is 35.3 Å². The van der Waals surface area contributed by atoms with E-state index in [0.717, 1.165) is 35.6 Å². The van der Waals surface area contributed by atoms with Crippen LogP contribution < -0.4 is 10.2 Å². The second-order valence-corrected chi connectivity index (χ2v) is 5.51. The lowest BCUT2D eigenvalue weighted by molar-refractivity contribution is 0.102. The van der Waals surface area contributed by atoms with Crippen molar-refractivity contribution in [3.8, 4) is 0 Å². The SMILES string of the molecule is CCN(CC)c1ccc(C)cc1C(=O)Nc1ccc(C)cc1. The normalized spacial score (nSPS) is 10.4. The summed E-state index contributed by atoms with van der Waals surface area (Å²) >= 11 is 0. The second kappa shape index (κ2) is 7.12. The number of benzene rings is 2. The molecule has 0 atom stereocenters. The fourth-order valence-corrected chi connectivity index (χ4v) is 2.51. The van der Waals surface area contributed by atoms with Crippen molar-refractivity contribution in [1.29, 1.82) is 0 Å². The summed E-state index contributed by atoms with van der Waals surface area (Å²) in [7, 11) is 0. The molecule has 0 bridgehead atoms. The van der Waals surface area contributed by atoms with Gasteiger partial charge < -0.3 is 10.2 Å². The molecule has 1 N–H and O–H groups in total. The summed E-state index contributed by atoms with van der Waals surface area (Å²) in [6.45, 7) is 10.0. The lowest BCUT2D eigenvalue weighted by Crippen LogP contribution is -2.25. The molecule has 0 aliphatic heterocycles. The van der Waals surface area contributed by atoms with Crippen molar-refractivity contribution >= 4 is 17.3 Å². The molecule has 1 amide bonds. The van der Waals surface area contributed by atoms with Gasteiger partial charge in [-0.25, -0.2) is 0 Å². The third kappa shape index (κ3) is 3.67. The van der Waals surface area contributed by atoms with Gasteiger partial charge in [0.05, 0.1) is 5.56 Å². The van der Waals surface area contributed by atoms with Gasteiger partial charge in [0.15, 0.2) is 0 Å². The zero-order valence-electron chi connectivity index (χ0n) is 13.8. The molecule has 0 aromatic heterocycles. The summed E-state index contributed by atoms with van der Waals surface area (Å²) < 4.78 is 0. The molecule has 0 saturated carbocycles. The number of nitrogens with zero attached hydrogens (tertiary/aromatic N) is 1. The number of anilines is 2. The molecule has 0 unspecified atom stereocenters. The van der Waals surface area contributed by atoms with Crippen molar-refractivity contribution in [1.82, 2.24) is 0 Å². The molecule has 0 spiro atoms. The van der Waals surface area contributed by atoms with Crippen LogP contribution in [0.3, 0.4) is 0 Å². The van der Waals surface area contributed by atoms with E-state index in [4.69, 9.17) is 0 Å². The van der Waals surface area contributed by atoms with Crippen LogP contribution in [0.4, 0.5) is 11.4 Å². The molecule has 3 heteroatoms. The summed E-state index contributed by atoms with van der Waals surface area (Å²) in [6, 6.07) is 13.9. The van der Waals surface area contributed by atoms with E-state index >= 15 is 0 Å². The highest BCUT2D eigenvalue weighted by Gasteiger charge is 2.15. The van der Waals surface area contributed by atoms with Gasteiger partial charge >= 0.3 is 0 Å². The predicted molar refractivity (Wildman–Crippen MR) is 93.9 cm³/mol. The maximum absolute atomic E-state index is 12.7. The zero-order chi connectivity index (χ0) is 16.1. The number of carbonyl (C=O) groups is 1. The fourth-order valence-electron chi connectivity index (χ4n) is 2.51. The summed E-state index contributed by atoms with van der Waals surface area (Å²) in [6.07, 6.45) is 0. The fraction of sp³-hybridized carbons (Fsp3) is 0.316. The van der Waals surface area contributed by atoms with Crippen LogP contribution in [-0.2, 0) is 0 Å². The first-order valence-electron chi connectivity index (χ1n) is 7.78. The quantitative estimate of drug-likeness (QED) is 0.887. The molecule has 2 rings (SSSR count). The average Bonchev–Trinajstić information content (AvgIpc) is 2.52. The first kappa shape index (κ1) is 16.1. The summed E-state index contributed by atoms with van der Waals surface area (Å²) in [5, 5.41) is 2.99. The van der Waals surface area contributed by atoms with E-state index in [9.17, 15) is 4.79 Å². The molecule has 116 valence electrons. The molecule has 0 fully saturated rings. The maximum Gasteiger partial charge on any atom is 0.257 e. The van der Waals surface area contributed by atoms with E-state index in [-0.39, 0.29) is 5.91 Å². The van der Waals surface area contributed by atoms with Crippen LogP contribution >= 0.6 is 0 Å². The number of amides is 1. The largest absolute Gasteiger partial charge is 0.371 e. The third-order valence-corrected chi connectivity index (χ3v) is 3.81. The minimum absolute atomic E-state index is 0.0607. The summed E-state index contributed by atoms with van der Waals surface area (Å²) in [5.41, 5.74) is 4.80. The van der Waals surface area contributed by atoms with Crippen molar-refractivity contribution in [2.75, 3.05) is 23.3 Å². The predicted octanol–water partition coefficient (Wildman–Crippen LogP) is 4.40. The maximum atomic E-state index is 12.7. The van der Waals surface area contributed by atoms with Gasteiger partial charge in [-0.1, -0.05) is 29.3 Å². The van der Waals surface area contributed by atoms with E-state index in [2.05, 4.69) is 30.1 Å². The molecule has 0 aliphatic rings. The van der Waals surface area contributed by atoms with Crippen molar-refractivity contribution < 1.29 is 4.79 Å². The first-order chi connectivity index (χ1) is 10.5. The van der Waals surface area contributed by atoms with Gasteiger partial charge in [0.2, 0.25) is 0 Å². The molecule has 2 aromatic carbocycles. The smallest absolute Gasteiger partial charge is 0.257 e. The Morgan fingerprint density at radius 1 is 0.955 bits per heavy atom. The number of rotatable bonds is 5. The van der Waals surface area contributed by atoms with E-state index < -0.39 is 0 Å². The van der Waals surface area contributed by atoms with Crippen molar-refractivity contribution in [3.63, 3.8) is 0 Å². The average molecular weight is 296 g/mol. The minimum atomic E-state index is -0.0607. The number of hydrogen-bond donors (Lipinski definition) is 1. The molecule has 2 aromatic rings. The lowest BCUT2D eigenvalue weighted by Gasteiger charge is -2.24. The van der Waals surface area contributed by atoms with Crippen LogP contribution in [0.25, 0.3) is 0 Å². The molecule has 0 radical (unpaired) electrons. The number of hydrogen-bond acceptors (Lipinski definition) is 2. The molecule has 0 saturated heterocycles. The monoisotopic (exact) mass is 296 g/mol. The van der Waals surface area contributed by atoms with Crippen LogP contribution in [0.15, 0.2) is 42.5 Å².